The Hall–Kier alpha value is -2.20. The van der Waals surface area contributed by atoms with Crippen LogP contribution >= 0.6 is 11.3 Å². The third kappa shape index (κ3) is 2.86. The van der Waals surface area contributed by atoms with Gasteiger partial charge in [0.25, 0.3) is 5.91 Å². The number of nitrogens with zero attached hydrogens (tertiary/aromatic N) is 1. The quantitative estimate of drug-likeness (QED) is 0.772. The summed E-state index contributed by atoms with van der Waals surface area (Å²) in [5.74, 6) is 0.0135. The molecule has 0 saturated heterocycles. The normalized spacial score (nSPS) is 14.1. The zero-order valence-electron chi connectivity index (χ0n) is 13.0. The van der Waals surface area contributed by atoms with Gasteiger partial charge in [-0.1, -0.05) is 25.1 Å². The maximum atomic E-state index is 12.6. The fraction of sp³-hybridized carbons (Fsp3) is 0.263. The standard InChI is InChI=1S/C19H18N2OS/c1-2-13-9-10-18(23-13)17-11-15(19(22)20-12-7-8-12)14-5-3-4-6-16(14)21-17/h3-6,9-12H,2,7-8H2,1H3,(H,20,22). The topological polar surface area (TPSA) is 42.0 Å². The molecule has 3 nitrogen and oxygen atoms in total. The van der Waals surface area contributed by atoms with Crippen molar-refractivity contribution in [3.05, 3.63) is 52.9 Å². The fourth-order valence-electron chi connectivity index (χ4n) is 2.69. The van der Waals surface area contributed by atoms with Crippen LogP contribution in [0.4, 0.5) is 0 Å². The second-order valence-corrected chi connectivity index (χ2v) is 7.11. The molecule has 1 aromatic carbocycles. The molecule has 1 amide bonds. The zero-order valence-corrected chi connectivity index (χ0v) is 13.8. The highest BCUT2D eigenvalue weighted by molar-refractivity contribution is 7.15. The summed E-state index contributed by atoms with van der Waals surface area (Å²) < 4.78 is 0. The van der Waals surface area contributed by atoms with Crippen LogP contribution in [-0.4, -0.2) is 16.9 Å². The summed E-state index contributed by atoms with van der Waals surface area (Å²) in [5.41, 5.74) is 2.48. The van der Waals surface area contributed by atoms with Crippen molar-refractivity contribution in [3.63, 3.8) is 0 Å². The average Bonchev–Trinajstić information content (AvgIpc) is 3.26. The lowest BCUT2D eigenvalue weighted by atomic mass is 10.1. The van der Waals surface area contributed by atoms with Crippen LogP contribution in [0.25, 0.3) is 21.5 Å². The number of carbonyl (C=O) groups excluding carboxylic acids is 1. The van der Waals surface area contributed by atoms with E-state index in [1.165, 1.54) is 4.88 Å². The van der Waals surface area contributed by atoms with Gasteiger partial charge < -0.3 is 5.32 Å². The third-order valence-electron chi connectivity index (χ3n) is 4.14. The minimum absolute atomic E-state index is 0.0135. The molecule has 0 bridgehead atoms. The van der Waals surface area contributed by atoms with Crippen molar-refractivity contribution in [2.45, 2.75) is 32.2 Å². The Labute approximate surface area is 139 Å². The number of hydrogen-bond donors (Lipinski definition) is 1. The van der Waals surface area contributed by atoms with E-state index in [4.69, 9.17) is 4.98 Å². The first-order valence-electron chi connectivity index (χ1n) is 8.04. The molecule has 1 N–H and O–H groups in total. The molecule has 0 atom stereocenters. The Morgan fingerprint density at radius 3 is 2.83 bits per heavy atom. The predicted octanol–water partition coefficient (Wildman–Crippen LogP) is 4.42. The van der Waals surface area contributed by atoms with Gasteiger partial charge in [-0.05, 0) is 43.5 Å². The first-order valence-corrected chi connectivity index (χ1v) is 8.86. The summed E-state index contributed by atoms with van der Waals surface area (Å²) in [5, 5.41) is 4.01. The van der Waals surface area contributed by atoms with E-state index in [0.29, 0.717) is 6.04 Å². The molecule has 1 saturated carbocycles. The van der Waals surface area contributed by atoms with Gasteiger partial charge in [-0.25, -0.2) is 4.98 Å². The van der Waals surface area contributed by atoms with Crippen LogP contribution in [0.5, 0.6) is 0 Å². The van der Waals surface area contributed by atoms with Gasteiger partial charge >= 0.3 is 0 Å². The summed E-state index contributed by atoms with van der Waals surface area (Å²) in [4.78, 5) is 19.8. The van der Waals surface area contributed by atoms with Gasteiger partial charge in [-0.3, -0.25) is 4.79 Å². The molecule has 0 aliphatic heterocycles. The van der Waals surface area contributed by atoms with Crippen LogP contribution < -0.4 is 5.32 Å². The Balaban J connectivity index is 1.83. The summed E-state index contributed by atoms with van der Waals surface area (Å²) in [7, 11) is 0. The molecule has 3 aromatic rings. The van der Waals surface area contributed by atoms with Gasteiger partial charge in [0.1, 0.15) is 0 Å². The number of benzene rings is 1. The second-order valence-electron chi connectivity index (χ2n) is 5.94. The number of aryl methyl sites for hydroxylation is 1. The molecule has 4 rings (SSSR count). The van der Waals surface area contributed by atoms with E-state index < -0.39 is 0 Å². The molecule has 23 heavy (non-hydrogen) atoms. The lowest BCUT2D eigenvalue weighted by Crippen LogP contribution is -2.25. The highest BCUT2D eigenvalue weighted by Crippen LogP contribution is 2.31. The van der Waals surface area contributed by atoms with Crippen LogP contribution in [0.1, 0.15) is 35.0 Å². The van der Waals surface area contributed by atoms with Crippen LogP contribution in [0.3, 0.4) is 0 Å². The molecule has 4 heteroatoms. The third-order valence-corrected chi connectivity index (χ3v) is 5.39. The van der Waals surface area contributed by atoms with Crippen LogP contribution in [0.15, 0.2) is 42.5 Å². The first kappa shape index (κ1) is 14.4. The number of aromatic nitrogens is 1. The van der Waals surface area contributed by atoms with E-state index in [2.05, 4.69) is 24.4 Å². The van der Waals surface area contributed by atoms with E-state index >= 15 is 0 Å². The summed E-state index contributed by atoms with van der Waals surface area (Å²) in [6, 6.07) is 14.4. The van der Waals surface area contributed by atoms with Gasteiger partial charge in [0.15, 0.2) is 0 Å². The number of amides is 1. The smallest absolute Gasteiger partial charge is 0.252 e. The molecule has 0 unspecified atom stereocenters. The number of carbonyl (C=O) groups is 1. The number of thiophene rings is 1. The minimum atomic E-state index is 0.0135. The van der Waals surface area contributed by atoms with E-state index in [1.54, 1.807) is 11.3 Å². The monoisotopic (exact) mass is 322 g/mol. The van der Waals surface area contributed by atoms with Crippen LogP contribution in [0.2, 0.25) is 0 Å². The second kappa shape index (κ2) is 5.78. The zero-order chi connectivity index (χ0) is 15.8. The molecule has 0 radical (unpaired) electrons. The Morgan fingerprint density at radius 2 is 2.09 bits per heavy atom. The van der Waals surface area contributed by atoms with Gasteiger partial charge in [0.05, 0.1) is 21.7 Å². The molecule has 1 aliphatic carbocycles. The van der Waals surface area contributed by atoms with Crippen LogP contribution in [0, 0.1) is 0 Å². The first-order chi connectivity index (χ1) is 11.2. The van der Waals surface area contributed by atoms with E-state index in [-0.39, 0.29) is 5.91 Å². The van der Waals surface area contributed by atoms with Gasteiger partial charge in [-0.15, -0.1) is 11.3 Å². The molecule has 116 valence electrons. The molecular weight excluding hydrogens is 304 g/mol. The maximum absolute atomic E-state index is 12.6. The summed E-state index contributed by atoms with van der Waals surface area (Å²) in [6.07, 6.45) is 3.20. The summed E-state index contributed by atoms with van der Waals surface area (Å²) in [6.45, 7) is 2.15. The maximum Gasteiger partial charge on any atom is 0.252 e. The van der Waals surface area contributed by atoms with E-state index in [9.17, 15) is 4.79 Å². The largest absolute Gasteiger partial charge is 0.349 e. The lowest BCUT2D eigenvalue weighted by molar-refractivity contribution is 0.0952. The summed E-state index contributed by atoms with van der Waals surface area (Å²) >= 11 is 1.75. The Kier molecular flexibility index (Phi) is 3.62. The molecule has 0 spiro atoms. The molecule has 1 aliphatic rings. The Bertz CT molecular complexity index is 880. The minimum Gasteiger partial charge on any atom is -0.349 e. The SMILES string of the molecule is CCc1ccc(-c2cc(C(=O)NC3CC3)c3ccccc3n2)s1. The van der Waals surface area contributed by atoms with Crippen molar-refractivity contribution >= 4 is 28.1 Å². The highest BCUT2D eigenvalue weighted by Gasteiger charge is 2.25. The van der Waals surface area contributed by atoms with Crippen molar-refractivity contribution in [3.8, 4) is 10.6 Å². The molecular formula is C19H18N2OS. The molecule has 2 aromatic heterocycles. The number of hydrogen-bond acceptors (Lipinski definition) is 3. The number of fused-ring (bicyclic) bond motifs is 1. The number of pyridine rings is 1. The number of para-hydroxylation sites is 1. The molecule has 2 heterocycles. The van der Waals surface area contributed by atoms with Gasteiger partial charge in [-0.2, -0.15) is 0 Å². The highest BCUT2D eigenvalue weighted by atomic mass is 32.1. The number of rotatable bonds is 4. The van der Waals surface area contributed by atoms with E-state index in [1.807, 2.05) is 30.3 Å². The molecule has 1 fully saturated rings. The van der Waals surface area contributed by atoms with Crippen molar-refractivity contribution < 1.29 is 4.79 Å². The lowest BCUT2D eigenvalue weighted by Gasteiger charge is -2.09. The fourth-order valence-corrected chi connectivity index (χ4v) is 3.59. The number of nitrogens with one attached hydrogen (secondary N) is 1. The average molecular weight is 322 g/mol. The Morgan fingerprint density at radius 1 is 1.26 bits per heavy atom. The van der Waals surface area contributed by atoms with Gasteiger partial charge in [0, 0.05) is 16.3 Å². The van der Waals surface area contributed by atoms with Crippen molar-refractivity contribution in [1.29, 1.82) is 0 Å². The van der Waals surface area contributed by atoms with Crippen molar-refractivity contribution in [2.24, 2.45) is 0 Å². The van der Waals surface area contributed by atoms with Crippen molar-refractivity contribution in [1.82, 2.24) is 10.3 Å². The van der Waals surface area contributed by atoms with Gasteiger partial charge in [0.2, 0.25) is 0 Å². The predicted molar refractivity (Wildman–Crippen MR) is 94.9 cm³/mol. The van der Waals surface area contributed by atoms with Crippen LogP contribution in [-0.2, 0) is 6.42 Å². The van der Waals surface area contributed by atoms with E-state index in [0.717, 1.165) is 46.3 Å². The van der Waals surface area contributed by atoms with Crippen molar-refractivity contribution in [2.75, 3.05) is 0 Å².